The minimum absolute atomic E-state index is 0.636. The Morgan fingerprint density at radius 2 is 1.29 bits per heavy atom. The third kappa shape index (κ3) is 34.2. The molecule has 0 aliphatic heterocycles. The Bertz CT molecular complexity index is 299. The second kappa shape index (κ2) is 34.0. The Morgan fingerprint density at radius 1 is 0.710 bits per heavy atom. The number of nitrogens with zero attached hydrogens (tertiary/aromatic N) is 2. The standard InChI is InChI=1S/C17H39N3O3.C5H13N.CH2O/c1-5-8-20(6-2)10-9-19(4)11-13-22-15-17-23-16-14-21-12-7-18-3;1-3-5-6-4-2;1-2/h18H,5-17H2,1-4H3;6H,3-5H2,1-2H3;1H2. The molecule has 8 heteroatoms. The van der Waals surface area contributed by atoms with E-state index in [4.69, 9.17) is 19.0 Å². The molecule has 0 bridgehead atoms. The van der Waals surface area contributed by atoms with Crippen molar-refractivity contribution in [2.75, 3.05) is 106 Å². The number of carbonyl (C=O) groups is 1. The van der Waals surface area contributed by atoms with Gasteiger partial charge in [-0.3, -0.25) is 0 Å². The molecule has 0 amide bonds. The fourth-order valence-corrected chi connectivity index (χ4v) is 2.46. The molecule has 31 heavy (non-hydrogen) atoms. The minimum atomic E-state index is 0.636. The molecule has 0 aromatic rings. The van der Waals surface area contributed by atoms with Crippen LogP contribution in [0.5, 0.6) is 0 Å². The Hall–Kier alpha value is -0.610. The van der Waals surface area contributed by atoms with Gasteiger partial charge in [-0.25, -0.2) is 0 Å². The van der Waals surface area contributed by atoms with Crippen LogP contribution in [0.3, 0.4) is 0 Å². The van der Waals surface area contributed by atoms with Gasteiger partial charge in [-0.1, -0.05) is 27.7 Å². The topological polar surface area (TPSA) is 75.3 Å². The van der Waals surface area contributed by atoms with Crippen molar-refractivity contribution >= 4 is 6.79 Å². The molecule has 0 aromatic carbocycles. The minimum Gasteiger partial charge on any atom is -0.378 e. The van der Waals surface area contributed by atoms with Crippen molar-refractivity contribution in [2.45, 2.75) is 40.5 Å². The van der Waals surface area contributed by atoms with E-state index in [2.05, 4.69) is 55.2 Å². The van der Waals surface area contributed by atoms with Gasteiger partial charge in [0.25, 0.3) is 0 Å². The van der Waals surface area contributed by atoms with Gasteiger partial charge in [-0.15, -0.1) is 0 Å². The van der Waals surface area contributed by atoms with Gasteiger partial charge < -0.3 is 39.4 Å². The van der Waals surface area contributed by atoms with E-state index >= 15 is 0 Å². The Labute approximate surface area is 193 Å². The molecule has 0 saturated carbocycles. The lowest BCUT2D eigenvalue weighted by molar-refractivity contribution is -0.0979. The average Bonchev–Trinajstić information content (AvgIpc) is 2.80. The Morgan fingerprint density at radius 3 is 1.74 bits per heavy atom. The van der Waals surface area contributed by atoms with E-state index in [-0.39, 0.29) is 0 Å². The maximum absolute atomic E-state index is 8.00. The lowest BCUT2D eigenvalue weighted by atomic mass is 10.4. The summed E-state index contributed by atoms with van der Waals surface area (Å²) in [4.78, 5) is 12.8. The summed E-state index contributed by atoms with van der Waals surface area (Å²) in [5, 5.41) is 6.23. The molecule has 0 heterocycles. The van der Waals surface area contributed by atoms with E-state index in [1.165, 1.54) is 19.4 Å². The molecule has 0 rings (SSSR count). The average molecular weight is 451 g/mol. The summed E-state index contributed by atoms with van der Waals surface area (Å²) in [7, 11) is 4.07. The lowest BCUT2D eigenvalue weighted by Crippen LogP contribution is -2.35. The summed E-state index contributed by atoms with van der Waals surface area (Å²) in [6.45, 7) is 23.5. The van der Waals surface area contributed by atoms with E-state index in [0.717, 1.165) is 59.0 Å². The third-order valence-electron chi connectivity index (χ3n) is 4.32. The first-order valence-corrected chi connectivity index (χ1v) is 11.9. The number of hydrogen-bond donors (Lipinski definition) is 2. The van der Waals surface area contributed by atoms with Crippen LogP contribution >= 0.6 is 0 Å². The van der Waals surface area contributed by atoms with Crippen LogP contribution in [0.1, 0.15) is 40.5 Å². The van der Waals surface area contributed by atoms with Crippen LogP contribution in [0.2, 0.25) is 0 Å². The van der Waals surface area contributed by atoms with Crippen LogP contribution in [0.25, 0.3) is 0 Å². The summed E-state index contributed by atoms with van der Waals surface area (Å²) in [5.41, 5.74) is 0. The van der Waals surface area contributed by atoms with Crippen LogP contribution in [-0.4, -0.2) is 123 Å². The molecule has 2 N–H and O–H groups in total. The first kappa shape index (κ1) is 35.0. The largest absolute Gasteiger partial charge is 0.378 e. The molecule has 0 saturated heterocycles. The van der Waals surface area contributed by atoms with Crippen molar-refractivity contribution in [3.05, 3.63) is 0 Å². The third-order valence-corrected chi connectivity index (χ3v) is 4.32. The lowest BCUT2D eigenvalue weighted by Gasteiger charge is -2.23. The van der Waals surface area contributed by atoms with Crippen molar-refractivity contribution < 1.29 is 19.0 Å². The van der Waals surface area contributed by atoms with Crippen LogP contribution in [0.4, 0.5) is 0 Å². The molecular weight excluding hydrogens is 396 g/mol. The molecule has 0 radical (unpaired) electrons. The van der Waals surface area contributed by atoms with Crippen LogP contribution in [0.15, 0.2) is 0 Å². The van der Waals surface area contributed by atoms with E-state index in [0.29, 0.717) is 26.4 Å². The zero-order chi connectivity index (χ0) is 24.0. The smallest absolute Gasteiger partial charge is 0.106 e. The fourth-order valence-electron chi connectivity index (χ4n) is 2.46. The van der Waals surface area contributed by atoms with Crippen molar-refractivity contribution in [3.8, 4) is 0 Å². The summed E-state index contributed by atoms with van der Waals surface area (Å²) in [6.07, 6.45) is 2.47. The number of carbonyl (C=O) groups excluding carboxylic acids is 1. The molecule has 0 aliphatic rings. The summed E-state index contributed by atoms with van der Waals surface area (Å²) < 4.78 is 16.4. The van der Waals surface area contributed by atoms with Gasteiger partial charge in [0.15, 0.2) is 0 Å². The van der Waals surface area contributed by atoms with Gasteiger partial charge in [0.05, 0.1) is 39.6 Å². The van der Waals surface area contributed by atoms with Crippen molar-refractivity contribution in [1.82, 2.24) is 20.4 Å². The maximum Gasteiger partial charge on any atom is 0.106 e. The quantitative estimate of drug-likeness (QED) is 0.256. The first-order chi connectivity index (χ1) is 15.2. The zero-order valence-corrected chi connectivity index (χ0v) is 21.5. The predicted octanol–water partition coefficient (Wildman–Crippen LogP) is 1.74. The van der Waals surface area contributed by atoms with E-state index in [1.54, 1.807) is 0 Å². The number of hydrogen-bond acceptors (Lipinski definition) is 8. The number of rotatable bonds is 21. The monoisotopic (exact) mass is 450 g/mol. The molecule has 0 aliphatic carbocycles. The van der Waals surface area contributed by atoms with Crippen LogP contribution in [0, 0.1) is 0 Å². The van der Waals surface area contributed by atoms with Crippen molar-refractivity contribution in [2.24, 2.45) is 0 Å². The molecule has 190 valence electrons. The van der Waals surface area contributed by atoms with Gasteiger partial charge in [0.2, 0.25) is 0 Å². The summed E-state index contributed by atoms with van der Waals surface area (Å²) in [5.74, 6) is 0. The molecule has 0 unspecified atom stereocenters. The second-order valence-corrected chi connectivity index (χ2v) is 7.03. The SMILES string of the molecule is C=O.CCCN(CC)CCN(C)CCOCCOCCOCCNC.CCCNCC. The highest BCUT2D eigenvalue weighted by Gasteiger charge is 2.03. The molecule has 8 nitrogen and oxygen atoms in total. The van der Waals surface area contributed by atoms with E-state index < -0.39 is 0 Å². The Balaban J connectivity index is -0.000000836. The maximum atomic E-state index is 8.00. The molecule has 0 fully saturated rings. The Kier molecular flexibility index (Phi) is 38.4. The first-order valence-electron chi connectivity index (χ1n) is 11.9. The molecule has 0 atom stereocenters. The number of likely N-dealkylation sites (N-methyl/N-ethyl adjacent to an activating group) is 3. The van der Waals surface area contributed by atoms with Gasteiger partial charge in [0, 0.05) is 26.2 Å². The summed E-state index contributed by atoms with van der Waals surface area (Å²) >= 11 is 0. The molecule has 0 spiro atoms. The van der Waals surface area contributed by atoms with Crippen LogP contribution < -0.4 is 10.6 Å². The van der Waals surface area contributed by atoms with Crippen LogP contribution in [-0.2, 0) is 19.0 Å². The molecule has 0 aromatic heterocycles. The van der Waals surface area contributed by atoms with Crippen molar-refractivity contribution in [1.29, 1.82) is 0 Å². The second-order valence-electron chi connectivity index (χ2n) is 7.03. The molecular formula is C23H54N4O4. The number of nitrogens with one attached hydrogen (secondary N) is 2. The zero-order valence-electron chi connectivity index (χ0n) is 21.5. The van der Waals surface area contributed by atoms with E-state index in [9.17, 15) is 0 Å². The van der Waals surface area contributed by atoms with Gasteiger partial charge in [-0.05, 0) is 53.1 Å². The highest BCUT2D eigenvalue weighted by atomic mass is 16.5. The normalized spacial score (nSPS) is 10.6. The van der Waals surface area contributed by atoms with E-state index in [1.807, 2.05) is 13.8 Å². The highest BCUT2D eigenvalue weighted by molar-refractivity contribution is 5.11. The fraction of sp³-hybridized carbons (Fsp3) is 0.957. The van der Waals surface area contributed by atoms with Gasteiger partial charge in [0.1, 0.15) is 6.79 Å². The number of ether oxygens (including phenoxy) is 3. The van der Waals surface area contributed by atoms with Gasteiger partial charge in [-0.2, -0.15) is 0 Å². The summed E-state index contributed by atoms with van der Waals surface area (Å²) in [6, 6.07) is 0. The highest BCUT2D eigenvalue weighted by Crippen LogP contribution is 1.92. The predicted molar refractivity (Wildman–Crippen MR) is 132 cm³/mol. The van der Waals surface area contributed by atoms with Crippen molar-refractivity contribution in [3.63, 3.8) is 0 Å². The van der Waals surface area contributed by atoms with Gasteiger partial charge >= 0.3 is 0 Å².